The van der Waals surface area contributed by atoms with Crippen molar-refractivity contribution in [3.63, 3.8) is 0 Å². The monoisotopic (exact) mass is 652 g/mol. The van der Waals surface area contributed by atoms with Crippen LogP contribution in [0.3, 0.4) is 0 Å². The second-order valence-electron chi connectivity index (χ2n) is 13.3. The van der Waals surface area contributed by atoms with Crippen LogP contribution in [0.5, 0.6) is 0 Å². The quantitative estimate of drug-likeness (QED) is 0.211. The van der Waals surface area contributed by atoms with E-state index in [2.05, 4.69) is 42.5 Å². The Morgan fingerprint density at radius 2 is 0.698 bits per heavy atom. The number of rotatable bonds is 4. The molecule has 8 aromatic carbocycles. The van der Waals surface area contributed by atoms with E-state index in [0.717, 1.165) is 49.7 Å². The summed E-state index contributed by atoms with van der Waals surface area (Å²) >= 11 is 0. The summed E-state index contributed by atoms with van der Waals surface area (Å²) in [6, 6.07) is 40.3. The van der Waals surface area contributed by atoms with E-state index in [9.17, 15) is 0 Å². The Labute approximate surface area is 318 Å². The van der Waals surface area contributed by atoms with Crippen LogP contribution < -0.4 is 43.7 Å². The van der Waals surface area contributed by atoms with Gasteiger partial charge in [0.05, 0.1) is 0 Å². The zero-order chi connectivity index (χ0) is 36.7. The highest BCUT2D eigenvalue weighted by Crippen LogP contribution is 2.46. The summed E-state index contributed by atoms with van der Waals surface area (Å²) < 4.78 is 6.33. The molecule has 0 N–H and O–H groups in total. The van der Waals surface area contributed by atoms with Crippen LogP contribution in [0.15, 0.2) is 126 Å². The molecule has 1 aromatic heterocycles. The third-order valence-electron chi connectivity index (χ3n) is 10.5. The Hall–Kier alpha value is -5.40. The van der Waals surface area contributed by atoms with Crippen molar-refractivity contribution in [3.8, 4) is 44.5 Å². The first-order valence-corrected chi connectivity index (χ1v) is 17.1. The summed E-state index contributed by atoms with van der Waals surface area (Å²) in [4.78, 5) is 0. The first kappa shape index (κ1) is 33.4. The van der Waals surface area contributed by atoms with Gasteiger partial charge in [-0.15, -0.1) is 21.9 Å². The summed E-state index contributed by atoms with van der Waals surface area (Å²) in [5, 5.41) is 3.98. The predicted octanol–water partition coefficient (Wildman–Crippen LogP) is 2.91. The van der Waals surface area contributed by atoms with Gasteiger partial charge in [0.25, 0.3) is 0 Å². The van der Waals surface area contributed by atoms with Crippen molar-refractivity contribution in [1.82, 2.24) is 0 Å². The van der Waals surface area contributed by atoms with E-state index in [-0.39, 0.29) is 43.7 Å². The van der Waals surface area contributed by atoms with Crippen molar-refractivity contribution in [2.24, 2.45) is 0 Å². The molecule has 0 unspecified atom stereocenters. The minimum absolute atomic E-state index is 0.158. The van der Waals surface area contributed by atoms with Crippen LogP contribution in [0.2, 0.25) is 0 Å². The molecule has 9 heteroatoms. The third kappa shape index (κ3) is 4.97. The van der Waals surface area contributed by atoms with Crippen LogP contribution in [-0.4, -0.2) is 62.8 Å². The minimum Gasteiger partial charge on any atom is -0.456 e. The van der Waals surface area contributed by atoms with E-state index in [4.69, 9.17) is 67.2 Å². The van der Waals surface area contributed by atoms with Crippen molar-refractivity contribution >= 4 is 150 Å². The van der Waals surface area contributed by atoms with Crippen LogP contribution in [0.25, 0.3) is 88.0 Å². The molecule has 0 aliphatic rings. The minimum atomic E-state index is 0.158. The fourth-order valence-corrected chi connectivity index (χ4v) is 7.89. The summed E-state index contributed by atoms with van der Waals surface area (Å²) in [6.07, 6.45) is 0. The molecule has 0 bridgehead atoms. The summed E-state index contributed by atoms with van der Waals surface area (Å²) in [6.45, 7) is 0. The Morgan fingerprint density at radius 1 is 0.283 bits per heavy atom. The first-order valence-electron chi connectivity index (χ1n) is 17.1. The summed E-state index contributed by atoms with van der Waals surface area (Å²) in [5.41, 5.74) is 9.95. The molecule has 53 heavy (non-hydrogen) atoms. The smallest absolute Gasteiger partial charge is 0.136 e. The molecule has 226 valence electrons. The highest BCUT2D eigenvalue weighted by Gasteiger charge is 2.27. The van der Waals surface area contributed by atoms with Crippen LogP contribution in [0, 0.1) is 0 Å². The predicted molar refractivity (Wildman–Crippen MR) is 234 cm³/mol. The van der Waals surface area contributed by atoms with Gasteiger partial charge in [0.15, 0.2) is 0 Å². The van der Waals surface area contributed by atoms with E-state index in [1.807, 2.05) is 78.9 Å². The fourth-order valence-electron chi connectivity index (χ4n) is 7.89. The van der Waals surface area contributed by atoms with Gasteiger partial charge in [-0.1, -0.05) is 131 Å². The van der Waals surface area contributed by atoms with Crippen LogP contribution in [0.1, 0.15) is 0 Å². The number of benzene rings is 8. The zero-order valence-corrected chi connectivity index (χ0v) is 28.6. The molecule has 9 rings (SSSR count). The lowest BCUT2D eigenvalue weighted by molar-refractivity contribution is 0.669. The van der Waals surface area contributed by atoms with Gasteiger partial charge in [-0.25, -0.2) is 0 Å². The molecule has 0 fully saturated rings. The Bertz CT molecular complexity index is 2890. The lowest BCUT2D eigenvalue weighted by atomic mass is 9.59. The number of hydrogen-bond acceptors (Lipinski definition) is 1. The molecule has 9 aromatic rings. The zero-order valence-electron chi connectivity index (χ0n) is 28.6. The number of para-hydroxylation sites is 1. The number of furan rings is 1. The van der Waals surface area contributed by atoms with E-state index in [0.29, 0.717) is 38.3 Å². The molecule has 0 aliphatic carbocycles. The highest BCUT2D eigenvalue weighted by atomic mass is 16.3. The van der Waals surface area contributed by atoms with Gasteiger partial charge < -0.3 is 4.42 Å². The second-order valence-corrected chi connectivity index (χ2v) is 13.3. The molecule has 0 amide bonds. The maximum absolute atomic E-state index is 7.07. The average Bonchev–Trinajstić information content (AvgIpc) is 3.59. The number of fused-ring (bicyclic) bond motifs is 5. The molecular weight excluding hydrogens is 631 g/mol. The molecule has 0 aliphatic heterocycles. The lowest BCUT2D eigenvalue weighted by Crippen LogP contribution is -2.50. The largest absolute Gasteiger partial charge is 0.456 e. The fraction of sp³-hybridized carbons (Fsp3) is 0. The van der Waals surface area contributed by atoms with E-state index in [1.165, 1.54) is 0 Å². The molecule has 0 spiro atoms. The molecule has 1 nitrogen and oxygen atoms in total. The van der Waals surface area contributed by atoms with Gasteiger partial charge in [0.1, 0.15) is 73.9 Å². The van der Waals surface area contributed by atoms with Crippen LogP contribution >= 0.6 is 0 Å². The first-order chi connectivity index (χ1) is 25.7. The molecule has 0 saturated carbocycles. The van der Waals surface area contributed by atoms with Crippen LogP contribution in [-0.2, 0) is 0 Å². The van der Waals surface area contributed by atoms with Crippen molar-refractivity contribution in [3.05, 3.63) is 121 Å². The molecule has 1 heterocycles. The van der Waals surface area contributed by atoms with E-state index < -0.39 is 0 Å². The standard InChI is InChI=1S/C44H20B8O/c45-37-33-31(25-12-5-4-11-24(25)23-19-17-22(18-20-23)21-9-2-1-3-10-21)34-36(40(48)44(52)42(50)38(34)46)32(35(33)39(47)43(51)41(37)49)27-14-8-16-29-30(27)26-13-6-7-15-28(26)53-29/h1-20H. The Balaban J connectivity index is 1.49. The van der Waals surface area contributed by atoms with Crippen molar-refractivity contribution in [2.75, 3.05) is 0 Å². The topological polar surface area (TPSA) is 13.1 Å². The summed E-state index contributed by atoms with van der Waals surface area (Å²) in [5.74, 6) is 0. The van der Waals surface area contributed by atoms with Gasteiger partial charge in [-0.2, -0.15) is 0 Å². The van der Waals surface area contributed by atoms with E-state index >= 15 is 0 Å². The third-order valence-corrected chi connectivity index (χ3v) is 10.5. The van der Waals surface area contributed by atoms with Gasteiger partial charge in [0.2, 0.25) is 0 Å². The average molecular weight is 651 g/mol. The SMILES string of the molecule is [B]c1c([B])c([B])c2c(-c3cccc4oc5ccccc5c34)c3c([B])c([B])c([B])c([B])c3c(-c3ccccc3-c3ccc(-c4ccccc4)cc3)c2c1[B]. The lowest BCUT2D eigenvalue weighted by Gasteiger charge is -2.29. The molecule has 0 saturated heterocycles. The Morgan fingerprint density at radius 3 is 1.28 bits per heavy atom. The van der Waals surface area contributed by atoms with Gasteiger partial charge in [-0.3, -0.25) is 0 Å². The van der Waals surface area contributed by atoms with Gasteiger partial charge >= 0.3 is 0 Å². The highest BCUT2D eigenvalue weighted by molar-refractivity contribution is 6.71. The van der Waals surface area contributed by atoms with Crippen LogP contribution in [0.4, 0.5) is 0 Å². The van der Waals surface area contributed by atoms with Crippen molar-refractivity contribution in [2.45, 2.75) is 0 Å². The number of hydrogen-bond donors (Lipinski definition) is 0. The van der Waals surface area contributed by atoms with Gasteiger partial charge in [0, 0.05) is 10.8 Å². The van der Waals surface area contributed by atoms with Gasteiger partial charge in [-0.05, 0) is 78.2 Å². The molecule has 16 radical (unpaired) electrons. The van der Waals surface area contributed by atoms with E-state index in [1.54, 1.807) is 0 Å². The maximum atomic E-state index is 7.07. The summed E-state index contributed by atoms with van der Waals surface area (Å²) in [7, 11) is 54.9. The Kier molecular flexibility index (Phi) is 7.97. The normalized spacial score (nSPS) is 11.6. The molecular formula is C44H20B8O. The van der Waals surface area contributed by atoms with Crippen molar-refractivity contribution < 1.29 is 4.42 Å². The second kappa shape index (κ2) is 12.6. The molecule has 0 atom stereocenters. The maximum Gasteiger partial charge on any atom is 0.136 e. The van der Waals surface area contributed by atoms with Crippen molar-refractivity contribution in [1.29, 1.82) is 0 Å².